The number of amides is 2. The van der Waals surface area contributed by atoms with E-state index in [-0.39, 0.29) is 12.5 Å². The second-order valence-electron chi connectivity index (χ2n) is 11.5. The van der Waals surface area contributed by atoms with E-state index < -0.39 is 17.2 Å². The molecule has 1 aromatic heterocycles. The number of likely N-dealkylation sites (N-methyl/N-ethyl adjacent to an activating group) is 1. The Morgan fingerprint density at radius 3 is 2.50 bits per heavy atom. The van der Waals surface area contributed by atoms with Crippen molar-refractivity contribution in [2.45, 2.75) is 51.7 Å². The number of rotatable bonds is 8. The van der Waals surface area contributed by atoms with Gasteiger partial charge < -0.3 is 19.7 Å². The molecule has 4 aromatic rings. The summed E-state index contributed by atoms with van der Waals surface area (Å²) in [5.74, 6) is 0.472. The van der Waals surface area contributed by atoms with Crippen LogP contribution in [0, 0.1) is 6.92 Å². The SMILES string of the molecule is Cc1ccc(OCCN(C)C(=O)OC(C)(C)C)cc1C(=O)NC1(c2cc(-c3cccs3)cc3ccccc23)CC1. The Morgan fingerprint density at radius 2 is 1.80 bits per heavy atom. The second-order valence-corrected chi connectivity index (χ2v) is 12.4. The van der Waals surface area contributed by atoms with E-state index in [4.69, 9.17) is 9.47 Å². The van der Waals surface area contributed by atoms with E-state index in [1.807, 2.05) is 39.8 Å². The third kappa shape index (κ3) is 6.15. The Hall–Kier alpha value is -3.84. The molecule has 1 N–H and O–H groups in total. The van der Waals surface area contributed by atoms with E-state index in [1.54, 1.807) is 24.5 Å². The van der Waals surface area contributed by atoms with Crippen molar-refractivity contribution in [2.75, 3.05) is 20.2 Å². The van der Waals surface area contributed by atoms with Crippen LogP contribution in [0.25, 0.3) is 21.2 Å². The summed E-state index contributed by atoms with van der Waals surface area (Å²) in [5, 5.41) is 7.82. The molecule has 0 aliphatic heterocycles. The van der Waals surface area contributed by atoms with Crippen LogP contribution < -0.4 is 10.1 Å². The molecule has 2 amide bonds. The number of nitrogens with one attached hydrogen (secondary N) is 1. The van der Waals surface area contributed by atoms with Crippen molar-refractivity contribution in [3.05, 3.63) is 88.8 Å². The van der Waals surface area contributed by atoms with Gasteiger partial charge in [0.2, 0.25) is 0 Å². The number of ether oxygens (including phenoxy) is 2. The molecule has 0 radical (unpaired) electrons. The van der Waals surface area contributed by atoms with E-state index in [2.05, 4.69) is 59.2 Å². The number of hydrogen-bond donors (Lipinski definition) is 1. The van der Waals surface area contributed by atoms with Crippen LogP contribution in [0.4, 0.5) is 4.79 Å². The summed E-state index contributed by atoms with van der Waals surface area (Å²) in [6.07, 6.45) is 1.39. The molecule has 6 nitrogen and oxygen atoms in total. The highest BCUT2D eigenvalue weighted by atomic mass is 32.1. The van der Waals surface area contributed by atoms with Gasteiger partial charge in [0.1, 0.15) is 18.0 Å². The summed E-state index contributed by atoms with van der Waals surface area (Å²) in [5.41, 5.74) is 2.85. The smallest absolute Gasteiger partial charge is 0.410 e. The van der Waals surface area contributed by atoms with E-state index in [1.165, 1.54) is 26.1 Å². The standard InChI is InChI=1S/C33H36N2O4S/c1-22-12-13-25(38-17-16-35(5)31(37)39-32(2,3)4)21-27(22)30(36)34-33(14-15-33)28-20-24(29-11-8-18-40-29)19-23-9-6-7-10-26(23)28/h6-13,18-21H,14-17H2,1-5H3,(H,34,36). The van der Waals surface area contributed by atoms with Crippen molar-refractivity contribution in [3.63, 3.8) is 0 Å². The van der Waals surface area contributed by atoms with Gasteiger partial charge in [-0.2, -0.15) is 0 Å². The van der Waals surface area contributed by atoms with Crippen molar-refractivity contribution in [1.82, 2.24) is 10.2 Å². The first-order valence-corrected chi connectivity index (χ1v) is 14.5. The highest BCUT2D eigenvalue weighted by Gasteiger charge is 2.47. The highest BCUT2D eigenvalue weighted by molar-refractivity contribution is 7.13. The lowest BCUT2D eigenvalue weighted by atomic mass is 9.93. The first-order valence-electron chi connectivity index (χ1n) is 13.6. The number of fused-ring (bicyclic) bond motifs is 1. The first kappa shape index (κ1) is 27.7. The lowest BCUT2D eigenvalue weighted by molar-refractivity contribution is 0.0278. The maximum atomic E-state index is 13.7. The van der Waals surface area contributed by atoms with Crippen molar-refractivity contribution in [1.29, 1.82) is 0 Å². The van der Waals surface area contributed by atoms with Crippen molar-refractivity contribution in [3.8, 4) is 16.2 Å². The predicted octanol–water partition coefficient (Wildman–Crippen LogP) is 7.54. The molecule has 7 heteroatoms. The fourth-order valence-electron chi connectivity index (χ4n) is 4.83. The minimum absolute atomic E-state index is 0.114. The van der Waals surface area contributed by atoms with Gasteiger partial charge in [-0.05, 0) is 104 Å². The van der Waals surface area contributed by atoms with Gasteiger partial charge in [0.05, 0.1) is 12.1 Å². The third-order valence-electron chi connectivity index (χ3n) is 7.14. The third-order valence-corrected chi connectivity index (χ3v) is 8.06. The molecular weight excluding hydrogens is 520 g/mol. The summed E-state index contributed by atoms with van der Waals surface area (Å²) in [6, 6.07) is 22.6. The van der Waals surface area contributed by atoms with E-state index in [0.717, 1.165) is 24.0 Å². The van der Waals surface area contributed by atoms with Crippen LogP contribution in [0.3, 0.4) is 0 Å². The molecule has 0 unspecified atom stereocenters. The maximum Gasteiger partial charge on any atom is 0.410 e. The van der Waals surface area contributed by atoms with Crippen molar-refractivity contribution >= 4 is 34.1 Å². The van der Waals surface area contributed by atoms with Crippen molar-refractivity contribution in [2.24, 2.45) is 0 Å². The molecule has 40 heavy (non-hydrogen) atoms. The molecule has 208 valence electrons. The summed E-state index contributed by atoms with van der Waals surface area (Å²) >= 11 is 1.72. The van der Waals surface area contributed by atoms with Gasteiger partial charge in [0, 0.05) is 17.5 Å². The first-order chi connectivity index (χ1) is 19.0. The summed E-state index contributed by atoms with van der Waals surface area (Å²) in [7, 11) is 1.68. The van der Waals surface area contributed by atoms with E-state index >= 15 is 0 Å². The Kier molecular flexibility index (Phi) is 7.60. The van der Waals surface area contributed by atoms with Crippen LogP contribution in [0.2, 0.25) is 0 Å². The lowest BCUT2D eigenvalue weighted by Crippen LogP contribution is -2.36. The van der Waals surface area contributed by atoms with Crippen LogP contribution in [0.1, 0.15) is 55.1 Å². The van der Waals surface area contributed by atoms with Gasteiger partial charge in [0.15, 0.2) is 0 Å². The lowest BCUT2D eigenvalue weighted by Gasteiger charge is -2.24. The van der Waals surface area contributed by atoms with Gasteiger partial charge in [0.25, 0.3) is 5.91 Å². The van der Waals surface area contributed by atoms with Crippen LogP contribution in [0.5, 0.6) is 5.75 Å². The summed E-state index contributed by atoms with van der Waals surface area (Å²) < 4.78 is 11.3. The minimum Gasteiger partial charge on any atom is -0.492 e. The van der Waals surface area contributed by atoms with Gasteiger partial charge in [-0.1, -0.05) is 36.4 Å². The Morgan fingerprint density at radius 1 is 1.02 bits per heavy atom. The average Bonchev–Trinajstić information content (AvgIpc) is 3.47. The van der Waals surface area contributed by atoms with E-state index in [9.17, 15) is 9.59 Å². The van der Waals surface area contributed by atoms with Crippen LogP contribution in [-0.2, 0) is 10.3 Å². The van der Waals surface area contributed by atoms with Crippen LogP contribution in [-0.4, -0.2) is 42.7 Å². The maximum absolute atomic E-state index is 13.7. The largest absolute Gasteiger partial charge is 0.492 e. The molecule has 5 rings (SSSR count). The fraction of sp³-hybridized carbons (Fsp3) is 0.333. The molecule has 1 saturated carbocycles. The number of thiophene rings is 1. The number of carbonyl (C=O) groups excluding carboxylic acids is 2. The monoisotopic (exact) mass is 556 g/mol. The number of carbonyl (C=O) groups is 2. The molecule has 3 aromatic carbocycles. The quantitative estimate of drug-likeness (QED) is 0.243. The number of benzene rings is 3. The van der Waals surface area contributed by atoms with Gasteiger partial charge >= 0.3 is 6.09 Å². The molecule has 0 spiro atoms. The molecule has 1 fully saturated rings. The topological polar surface area (TPSA) is 67.9 Å². The number of hydrogen-bond acceptors (Lipinski definition) is 5. The second kappa shape index (κ2) is 11.0. The summed E-state index contributed by atoms with van der Waals surface area (Å²) in [6.45, 7) is 8.09. The zero-order valence-electron chi connectivity index (χ0n) is 23.7. The Bertz CT molecular complexity index is 1530. The molecule has 0 bridgehead atoms. The molecule has 0 atom stereocenters. The van der Waals surface area contributed by atoms with Gasteiger partial charge in [-0.3, -0.25) is 4.79 Å². The summed E-state index contributed by atoms with van der Waals surface area (Å²) in [4.78, 5) is 28.6. The zero-order valence-corrected chi connectivity index (χ0v) is 24.6. The fourth-order valence-corrected chi connectivity index (χ4v) is 5.54. The van der Waals surface area contributed by atoms with Crippen LogP contribution >= 0.6 is 11.3 Å². The normalized spacial score (nSPS) is 14.0. The van der Waals surface area contributed by atoms with E-state index in [0.29, 0.717) is 17.9 Å². The van der Waals surface area contributed by atoms with Gasteiger partial charge in [-0.25, -0.2) is 4.79 Å². The number of aryl methyl sites for hydroxylation is 1. The molecular formula is C33H36N2O4S. The zero-order chi connectivity index (χ0) is 28.5. The van der Waals surface area contributed by atoms with Crippen molar-refractivity contribution < 1.29 is 19.1 Å². The predicted molar refractivity (Wildman–Crippen MR) is 161 cm³/mol. The Balaban J connectivity index is 1.32. The number of nitrogens with zero attached hydrogens (tertiary/aromatic N) is 1. The van der Waals surface area contributed by atoms with Gasteiger partial charge in [-0.15, -0.1) is 11.3 Å². The molecule has 1 aliphatic rings. The Labute approximate surface area is 239 Å². The van der Waals surface area contributed by atoms with Crippen LogP contribution in [0.15, 0.2) is 72.1 Å². The average molecular weight is 557 g/mol. The minimum atomic E-state index is -0.554. The highest BCUT2D eigenvalue weighted by Crippen LogP contribution is 2.49. The molecule has 0 saturated heterocycles. The molecule has 1 heterocycles. The molecule has 1 aliphatic carbocycles.